The predicted molar refractivity (Wildman–Crippen MR) is 200 cm³/mol. The van der Waals surface area contributed by atoms with Crippen molar-refractivity contribution in [3.8, 4) is 33.4 Å². The van der Waals surface area contributed by atoms with E-state index >= 15 is 0 Å². The van der Waals surface area contributed by atoms with E-state index in [1.54, 1.807) is 0 Å². The zero-order valence-electron chi connectivity index (χ0n) is 25.6. The summed E-state index contributed by atoms with van der Waals surface area (Å²) in [6, 6.07) is 61.6. The molecule has 0 atom stereocenters. The largest absolute Gasteiger partial charge is 0.455 e. The van der Waals surface area contributed by atoms with E-state index in [1.807, 2.05) is 0 Å². The summed E-state index contributed by atoms with van der Waals surface area (Å²) in [6.45, 7) is 0. The average molecular weight is 597 g/mol. The molecular weight excluding hydrogens is 569 g/mol. The van der Waals surface area contributed by atoms with Gasteiger partial charge in [-0.3, -0.25) is 0 Å². The Morgan fingerprint density at radius 3 is 1.57 bits per heavy atom. The fourth-order valence-electron chi connectivity index (χ4n) is 7.72. The molecule has 0 aliphatic rings. The van der Waals surface area contributed by atoms with Gasteiger partial charge in [-0.05, 0) is 101 Å². The van der Waals surface area contributed by atoms with Crippen molar-refractivity contribution in [3.05, 3.63) is 170 Å². The standard InChI is InChI=1S/C46H28O/c1-2-12-29(13-3-1)41-28-33(26-31-15-5-6-16-34(31)41)45-38-20-10-8-18-36(38)44(37-19-9-11-21-39(37)45)32-23-25-43-42(27-32)40-24-22-30-14-4-7-17-35(30)46(40)47-43/h1-28H. The molecule has 10 rings (SSSR count). The number of benzene rings is 9. The minimum Gasteiger partial charge on any atom is -0.455 e. The van der Waals surface area contributed by atoms with Gasteiger partial charge in [0.15, 0.2) is 0 Å². The Morgan fingerprint density at radius 1 is 0.298 bits per heavy atom. The fraction of sp³-hybridized carbons (Fsp3) is 0. The Hall–Kier alpha value is -6.18. The molecule has 0 radical (unpaired) electrons. The molecule has 10 aromatic rings. The maximum absolute atomic E-state index is 6.49. The van der Waals surface area contributed by atoms with Crippen LogP contribution in [0.2, 0.25) is 0 Å². The van der Waals surface area contributed by atoms with E-state index in [2.05, 4.69) is 170 Å². The molecule has 218 valence electrons. The fourth-order valence-corrected chi connectivity index (χ4v) is 7.72. The molecule has 0 aliphatic heterocycles. The quantitative estimate of drug-likeness (QED) is 0.185. The maximum Gasteiger partial charge on any atom is 0.143 e. The first kappa shape index (κ1) is 26.1. The van der Waals surface area contributed by atoms with Crippen molar-refractivity contribution in [2.75, 3.05) is 0 Å². The second-order valence-electron chi connectivity index (χ2n) is 12.4. The van der Waals surface area contributed by atoms with Crippen LogP contribution in [0, 0.1) is 0 Å². The highest BCUT2D eigenvalue weighted by molar-refractivity contribution is 6.23. The van der Waals surface area contributed by atoms with Crippen molar-refractivity contribution in [3.63, 3.8) is 0 Å². The van der Waals surface area contributed by atoms with Gasteiger partial charge in [0.05, 0.1) is 0 Å². The Morgan fingerprint density at radius 2 is 0.872 bits per heavy atom. The lowest BCUT2D eigenvalue weighted by Gasteiger charge is -2.19. The first-order valence-electron chi connectivity index (χ1n) is 16.2. The molecule has 9 aromatic carbocycles. The molecule has 0 aliphatic carbocycles. The zero-order chi connectivity index (χ0) is 30.9. The topological polar surface area (TPSA) is 13.1 Å². The van der Waals surface area contributed by atoms with Crippen LogP contribution in [0.1, 0.15) is 0 Å². The molecule has 0 unspecified atom stereocenters. The van der Waals surface area contributed by atoms with Crippen LogP contribution in [0.3, 0.4) is 0 Å². The Bertz CT molecular complexity index is 2780. The SMILES string of the molecule is c1ccc(-c2cc(-c3c4ccccc4c(-c4ccc5oc6c7ccccc7ccc6c5c4)c4ccccc34)cc3ccccc23)cc1. The van der Waals surface area contributed by atoms with Crippen molar-refractivity contribution >= 4 is 65.0 Å². The summed E-state index contributed by atoms with van der Waals surface area (Å²) in [4.78, 5) is 0. The van der Waals surface area contributed by atoms with Gasteiger partial charge in [0.2, 0.25) is 0 Å². The lowest BCUT2D eigenvalue weighted by molar-refractivity contribution is 0.672. The molecule has 0 spiro atoms. The Balaban J connectivity index is 1.28. The predicted octanol–water partition coefficient (Wildman–Crippen LogP) is 13.2. The lowest BCUT2D eigenvalue weighted by Crippen LogP contribution is -1.92. The van der Waals surface area contributed by atoms with Gasteiger partial charge in [0, 0.05) is 16.2 Å². The number of hydrogen-bond donors (Lipinski definition) is 0. The first-order valence-corrected chi connectivity index (χ1v) is 16.2. The summed E-state index contributed by atoms with van der Waals surface area (Å²) >= 11 is 0. The molecule has 0 bridgehead atoms. The molecule has 47 heavy (non-hydrogen) atoms. The van der Waals surface area contributed by atoms with Gasteiger partial charge >= 0.3 is 0 Å². The number of fused-ring (bicyclic) bond motifs is 8. The molecular formula is C46H28O. The number of rotatable bonds is 3. The monoisotopic (exact) mass is 596 g/mol. The summed E-state index contributed by atoms with van der Waals surface area (Å²) in [7, 11) is 0. The molecule has 0 saturated carbocycles. The van der Waals surface area contributed by atoms with Crippen LogP contribution >= 0.6 is 0 Å². The van der Waals surface area contributed by atoms with E-state index in [0.717, 1.165) is 27.3 Å². The number of hydrogen-bond acceptors (Lipinski definition) is 1. The van der Waals surface area contributed by atoms with Gasteiger partial charge in [-0.1, -0.05) is 140 Å². The third-order valence-corrected chi connectivity index (χ3v) is 9.82. The van der Waals surface area contributed by atoms with E-state index in [-0.39, 0.29) is 0 Å². The summed E-state index contributed by atoms with van der Waals surface area (Å²) < 4.78 is 6.49. The van der Waals surface area contributed by atoms with Gasteiger partial charge in [0.25, 0.3) is 0 Å². The van der Waals surface area contributed by atoms with Crippen molar-refractivity contribution in [1.29, 1.82) is 0 Å². The van der Waals surface area contributed by atoms with Crippen LogP contribution in [0.4, 0.5) is 0 Å². The third-order valence-electron chi connectivity index (χ3n) is 9.82. The Kier molecular flexibility index (Phi) is 5.64. The highest BCUT2D eigenvalue weighted by Crippen LogP contribution is 2.46. The van der Waals surface area contributed by atoms with Crippen molar-refractivity contribution in [2.45, 2.75) is 0 Å². The van der Waals surface area contributed by atoms with Crippen LogP contribution in [-0.4, -0.2) is 0 Å². The highest BCUT2D eigenvalue weighted by Gasteiger charge is 2.19. The van der Waals surface area contributed by atoms with Crippen LogP contribution < -0.4 is 0 Å². The van der Waals surface area contributed by atoms with Gasteiger partial charge in [-0.25, -0.2) is 0 Å². The van der Waals surface area contributed by atoms with Gasteiger partial charge < -0.3 is 4.42 Å². The molecule has 1 heteroatoms. The van der Waals surface area contributed by atoms with Gasteiger partial charge in [-0.2, -0.15) is 0 Å². The normalized spacial score (nSPS) is 11.8. The van der Waals surface area contributed by atoms with E-state index < -0.39 is 0 Å². The summed E-state index contributed by atoms with van der Waals surface area (Å²) in [6.07, 6.45) is 0. The molecule has 0 fully saturated rings. The van der Waals surface area contributed by atoms with E-state index in [0.29, 0.717) is 0 Å². The molecule has 1 nitrogen and oxygen atoms in total. The molecule has 1 aromatic heterocycles. The summed E-state index contributed by atoms with van der Waals surface area (Å²) in [5.74, 6) is 0. The van der Waals surface area contributed by atoms with Gasteiger partial charge in [-0.15, -0.1) is 0 Å². The van der Waals surface area contributed by atoms with E-state index in [4.69, 9.17) is 4.42 Å². The lowest BCUT2D eigenvalue weighted by atomic mass is 9.84. The van der Waals surface area contributed by atoms with Crippen molar-refractivity contribution in [2.24, 2.45) is 0 Å². The van der Waals surface area contributed by atoms with Crippen LogP contribution in [0.5, 0.6) is 0 Å². The third kappa shape index (κ3) is 3.97. The second kappa shape index (κ2) is 10.2. The minimum atomic E-state index is 0.912. The highest BCUT2D eigenvalue weighted by atomic mass is 16.3. The smallest absolute Gasteiger partial charge is 0.143 e. The van der Waals surface area contributed by atoms with Gasteiger partial charge in [0.1, 0.15) is 11.2 Å². The molecule has 0 amide bonds. The summed E-state index contributed by atoms with van der Waals surface area (Å²) in [5.41, 5.74) is 9.27. The van der Waals surface area contributed by atoms with Crippen molar-refractivity contribution < 1.29 is 4.42 Å². The minimum absolute atomic E-state index is 0.912. The van der Waals surface area contributed by atoms with E-state index in [9.17, 15) is 0 Å². The molecule has 0 saturated heterocycles. The van der Waals surface area contributed by atoms with Crippen LogP contribution in [-0.2, 0) is 0 Å². The second-order valence-corrected chi connectivity index (χ2v) is 12.4. The molecule has 1 heterocycles. The van der Waals surface area contributed by atoms with Crippen LogP contribution in [0.25, 0.3) is 98.4 Å². The summed E-state index contributed by atoms with van der Waals surface area (Å²) in [5, 5.41) is 12.1. The zero-order valence-corrected chi connectivity index (χ0v) is 25.6. The maximum atomic E-state index is 6.49. The van der Waals surface area contributed by atoms with Crippen molar-refractivity contribution in [1.82, 2.24) is 0 Å². The van der Waals surface area contributed by atoms with E-state index in [1.165, 1.54) is 71.1 Å². The average Bonchev–Trinajstić information content (AvgIpc) is 3.52. The van der Waals surface area contributed by atoms with Crippen LogP contribution in [0.15, 0.2) is 174 Å². The Labute approximate surface area is 271 Å². The molecule has 0 N–H and O–H groups in total. The first-order chi connectivity index (χ1) is 23.3. The number of furan rings is 1.